The first-order valence-electron chi connectivity index (χ1n) is 7.78. The van der Waals surface area contributed by atoms with Crippen LogP contribution in [-0.2, 0) is 6.54 Å². The van der Waals surface area contributed by atoms with Gasteiger partial charge in [0.05, 0.1) is 0 Å². The van der Waals surface area contributed by atoms with Crippen LogP contribution in [-0.4, -0.2) is 23.0 Å². The predicted octanol–water partition coefficient (Wildman–Crippen LogP) is 3.94. The predicted molar refractivity (Wildman–Crippen MR) is 82.5 cm³/mol. The maximum atomic E-state index is 12.5. The highest BCUT2D eigenvalue weighted by Gasteiger charge is 2.27. The van der Waals surface area contributed by atoms with Gasteiger partial charge in [0, 0.05) is 18.6 Å². The van der Waals surface area contributed by atoms with E-state index in [0.717, 1.165) is 18.4 Å². The molecule has 0 aliphatic heterocycles. The Labute approximate surface area is 122 Å². The number of carbonyl (C=O) groups excluding carboxylic acids is 1. The zero-order valence-electron chi connectivity index (χ0n) is 12.6. The van der Waals surface area contributed by atoms with Crippen LogP contribution in [0.4, 0.5) is 4.79 Å². The third kappa shape index (κ3) is 3.99. The van der Waals surface area contributed by atoms with Crippen molar-refractivity contribution in [3.8, 4) is 0 Å². The van der Waals surface area contributed by atoms with E-state index in [-0.39, 0.29) is 12.1 Å². The highest BCUT2D eigenvalue weighted by Crippen LogP contribution is 2.24. The Balaban J connectivity index is 1.93. The molecule has 0 radical (unpaired) electrons. The van der Waals surface area contributed by atoms with Crippen molar-refractivity contribution in [2.24, 2.45) is 0 Å². The molecule has 1 fully saturated rings. The molecule has 2 rings (SSSR count). The molecule has 1 N–H and O–H groups in total. The standard InChI is InChI=1S/C17H26N2O/c1-14(2)19(16-11-7-4-8-12-16)17(20)18-13-15-9-5-3-6-10-15/h3,5-6,9-10,14,16H,4,7-8,11-13H2,1-2H3,(H,18,20). The van der Waals surface area contributed by atoms with Crippen molar-refractivity contribution < 1.29 is 4.79 Å². The molecule has 1 aliphatic carbocycles. The van der Waals surface area contributed by atoms with Gasteiger partial charge < -0.3 is 10.2 Å². The fourth-order valence-corrected chi connectivity index (χ4v) is 3.05. The summed E-state index contributed by atoms with van der Waals surface area (Å²) < 4.78 is 0. The molecule has 1 aromatic rings. The number of amides is 2. The molecule has 0 heterocycles. The van der Waals surface area contributed by atoms with Gasteiger partial charge in [-0.2, -0.15) is 0 Å². The molecule has 0 spiro atoms. The first-order valence-corrected chi connectivity index (χ1v) is 7.78. The lowest BCUT2D eigenvalue weighted by Gasteiger charge is -2.37. The summed E-state index contributed by atoms with van der Waals surface area (Å²) in [5, 5.41) is 3.06. The van der Waals surface area contributed by atoms with Crippen LogP contribution in [0.5, 0.6) is 0 Å². The van der Waals surface area contributed by atoms with E-state index in [1.165, 1.54) is 19.3 Å². The first kappa shape index (κ1) is 14.9. The van der Waals surface area contributed by atoms with E-state index in [4.69, 9.17) is 0 Å². The normalized spacial score (nSPS) is 16.1. The molecule has 0 unspecified atom stereocenters. The summed E-state index contributed by atoms with van der Waals surface area (Å²) in [7, 11) is 0. The smallest absolute Gasteiger partial charge is 0.318 e. The monoisotopic (exact) mass is 274 g/mol. The molecule has 1 aromatic carbocycles. The topological polar surface area (TPSA) is 32.3 Å². The zero-order valence-corrected chi connectivity index (χ0v) is 12.6. The summed E-state index contributed by atoms with van der Waals surface area (Å²) in [6, 6.07) is 10.8. The molecule has 2 amide bonds. The number of rotatable bonds is 4. The van der Waals surface area contributed by atoms with Crippen LogP contribution in [0.3, 0.4) is 0 Å². The minimum Gasteiger partial charge on any atom is -0.334 e. The van der Waals surface area contributed by atoms with E-state index in [9.17, 15) is 4.79 Å². The lowest BCUT2D eigenvalue weighted by molar-refractivity contribution is 0.134. The molecular weight excluding hydrogens is 248 g/mol. The van der Waals surface area contributed by atoms with Gasteiger partial charge in [0.2, 0.25) is 0 Å². The van der Waals surface area contributed by atoms with E-state index in [1.807, 2.05) is 35.2 Å². The third-order valence-electron chi connectivity index (χ3n) is 4.05. The van der Waals surface area contributed by atoms with Crippen LogP contribution in [0.2, 0.25) is 0 Å². The lowest BCUT2D eigenvalue weighted by atomic mass is 9.93. The van der Waals surface area contributed by atoms with Crippen LogP contribution in [0.25, 0.3) is 0 Å². The second-order valence-corrected chi connectivity index (χ2v) is 5.94. The van der Waals surface area contributed by atoms with Crippen molar-refractivity contribution in [2.75, 3.05) is 0 Å². The summed E-state index contributed by atoms with van der Waals surface area (Å²) in [6.45, 7) is 4.82. The van der Waals surface area contributed by atoms with Crippen molar-refractivity contribution >= 4 is 6.03 Å². The summed E-state index contributed by atoms with van der Waals surface area (Å²) >= 11 is 0. The van der Waals surface area contributed by atoms with E-state index in [0.29, 0.717) is 12.6 Å². The quantitative estimate of drug-likeness (QED) is 0.886. The summed E-state index contributed by atoms with van der Waals surface area (Å²) in [4.78, 5) is 14.5. The number of urea groups is 1. The van der Waals surface area contributed by atoms with Crippen LogP contribution in [0.1, 0.15) is 51.5 Å². The summed E-state index contributed by atoms with van der Waals surface area (Å²) in [5.41, 5.74) is 1.15. The fraction of sp³-hybridized carbons (Fsp3) is 0.588. The number of carbonyl (C=O) groups is 1. The molecule has 0 atom stereocenters. The SMILES string of the molecule is CC(C)N(C(=O)NCc1ccccc1)C1CCCCC1. The average molecular weight is 274 g/mol. The number of benzene rings is 1. The highest BCUT2D eigenvalue weighted by molar-refractivity contribution is 5.74. The van der Waals surface area contributed by atoms with Crippen molar-refractivity contribution in [2.45, 2.75) is 64.6 Å². The Morgan fingerprint density at radius 1 is 1.20 bits per heavy atom. The van der Waals surface area contributed by atoms with Gasteiger partial charge in [-0.1, -0.05) is 49.6 Å². The molecule has 110 valence electrons. The van der Waals surface area contributed by atoms with Crippen LogP contribution in [0.15, 0.2) is 30.3 Å². The second-order valence-electron chi connectivity index (χ2n) is 5.94. The first-order chi connectivity index (χ1) is 9.68. The molecule has 20 heavy (non-hydrogen) atoms. The number of hydrogen-bond donors (Lipinski definition) is 1. The molecular formula is C17H26N2O. The van der Waals surface area contributed by atoms with Crippen LogP contribution < -0.4 is 5.32 Å². The van der Waals surface area contributed by atoms with Gasteiger partial charge >= 0.3 is 6.03 Å². The maximum Gasteiger partial charge on any atom is 0.318 e. The van der Waals surface area contributed by atoms with Crippen molar-refractivity contribution in [1.29, 1.82) is 0 Å². The van der Waals surface area contributed by atoms with E-state index >= 15 is 0 Å². The van der Waals surface area contributed by atoms with E-state index in [2.05, 4.69) is 19.2 Å². The van der Waals surface area contributed by atoms with E-state index < -0.39 is 0 Å². The number of hydrogen-bond acceptors (Lipinski definition) is 1. The molecule has 1 aliphatic rings. The minimum absolute atomic E-state index is 0.0794. The van der Waals surface area contributed by atoms with Gasteiger partial charge in [-0.3, -0.25) is 0 Å². The average Bonchev–Trinajstić information content (AvgIpc) is 2.47. The molecule has 0 bridgehead atoms. The highest BCUT2D eigenvalue weighted by atomic mass is 16.2. The van der Waals surface area contributed by atoms with Gasteiger partial charge in [-0.15, -0.1) is 0 Å². The summed E-state index contributed by atoms with van der Waals surface area (Å²) in [6.07, 6.45) is 6.11. The Hall–Kier alpha value is -1.51. The van der Waals surface area contributed by atoms with Crippen molar-refractivity contribution in [3.63, 3.8) is 0 Å². The Morgan fingerprint density at radius 2 is 1.85 bits per heavy atom. The lowest BCUT2D eigenvalue weighted by Crippen LogP contribution is -2.50. The molecule has 3 heteroatoms. The van der Waals surface area contributed by atoms with E-state index in [1.54, 1.807) is 0 Å². The van der Waals surface area contributed by atoms with Crippen molar-refractivity contribution in [1.82, 2.24) is 10.2 Å². The van der Waals surface area contributed by atoms with Gasteiger partial charge in [-0.05, 0) is 32.3 Å². The Bertz CT molecular complexity index is 410. The number of nitrogens with zero attached hydrogens (tertiary/aromatic N) is 1. The fourth-order valence-electron chi connectivity index (χ4n) is 3.05. The van der Waals surface area contributed by atoms with Gasteiger partial charge in [0.15, 0.2) is 0 Å². The summed E-state index contributed by atoms with van der Waals surface area (Å²) in [5.74, 6) is 0. The van der Waals surface area contributed by atoms with Crippen LogP contribution in [0, 0.1) is 0 Å². The zero-order chi connectivity index (χ0) is 14.4. The van der Waals surface area contributed by atoms with Crippen molar-refractivity contribution in [3.05, 3.63) is 35.9 Å². The number of nitrogens with one attached hydrogen (secondary N) is 1. The third-order valence-corrected chi connectivity index (χ3v) is 4.05. The molecule has 0 saturated heterocycles. The van der Waals surface area contributed by atoms with Gasteiger partial charge in [-0.25, -0.2) is 4.79 Å². The Morgan fingerprint density at radius 3 is 2.45 bits per heavy atom. The van der Waals surface area contributed by atoms with Crippen LogP contribution >= 0.6 is 0 Å². The second kappa shape index (κ2) is 7.32. The minimum atomic E-state index is 0.0794. The van der Waals surface area contributed by atoms with Gasteiger partial charge in [0.1, 0.15) is 0 Å². The Kier molecular flexibility index (Phi) is 5.45. The largest absolute Gasteiger partial charge is 0.334 e. The van der Waals surface area contributed by atoms with Gasteiger partial charge in [0.25, 0.3) is 0 Å². The molecule has 0 aromatic heterocycles. The molecule has 3 nitrogen and oxygen atoms in total. The molecule has 1 saturated carbocycles. The maximum absolute atomic E-state index is 12.5.